The third kappa shape index (κ3) is 1.42. The van der Waals surface area contributed by atoms with Crippen LogP contribution in [0.25, 0.3) is 0 Å². The number of likely N-dealkylation sites (tertiary alicyclic amines) is 1. The Hall–Kier alpha value is -0.0800. The molecule has 0 aliphatic carbocycles. The van der Waals surface area contributed by atoms with Crippen LogP contribution in [0.15, 0.2) is 0 Å². The molecule has 1 aliphatic rings. The standard InChI is InChI=1S/C9H19NO/c1-7(2)9-6-5-8(3)10(9,4)11/h7-9H,5-6H2,1-4H3/t8-,9-,10?/m1/s1. The highest BCUT2D eigenvalue weighted by Crippen LogP contribution is 2.33. The van der Waals surface area contributed by atoms with Gasteiger partial charge < -0.3 is 9.85 Å². The number of hydrogen-bond acceptors (Lipinski definition) is 1. The zero-order chi connectivity index (χ0) is 8.65. The molecule has 1 saturated heterocycles. The van der Waals surface area contributed by atoms with Crippen LogP contribution in [0.5, 0.6) is 0 Å². The van der Waals surface area contributed by atoms with E-state index in [0.717, 1.165) is 12.8 Å². The van der Waals surface area contributed by atoms with Gasteiger partial charge in [-0.15, -0.1) is 0 Å². The summed E-state index contributed by atoms with van der Waals surface area (Å²) < 4.78 is -0.0162. The summed E-state index contributed by atoms with van der Waals surface area (Å²) in [6.45, 7) is 6.36. The Balaban J connectivity index is 2.70. The van der Waals surface area contributed by atoms with Crippen molar-refractivity contribution in [2.45, 2.75) is 45.7 Å². The van der Waals surface area contributed by atoms with Crippen molar-refractivity contribution in [1.29, 1.82) is 0 Å². The number of hydrogen-bond donors (Lipinski definition) is 0. The second-order valence-corrected chi connectivity index (χ2v) is 4.30. The summed E-state index contributed by atoms with van der Waals surface area (Å²) in [4.78, 5) is 0. The number of nitrogens with zero attached hydrogens (tertiary/aromatic N) is 1. The van der Waals surface area contributed by atoms with E-state index in [1.54, 1.807) is 0 Å². The van der Waals surface area contributed by atoms with Crippen LogP contribution in [-0.4, -0.2) is 23.8 Å². The van der Waals surface area contributed by atoms with E-state index < -0.39 is 0 Å². The van der Waals surface area contributed by atoms with Crippen molar-refractivity contribution in [1.82, 2.24) is 0 Å². The first-order valence-electron chi connectivity index (χ1n) is 4.53. The molecule has 0 aromatic heterocycles. The lowest BCUT2D eigenvalue weighted by Gasteiger charge is -2.45. The minimum Gasteiger partial charge on any atom is -0.633 e. The molecular formula is C9H19NO. The largest absolute Gasteiger partial charge is 0.633 e. The molecule has 1 rings (SSSR count). The molecule has 3 atom stereocenters. The molecule has 1 unspecified atom stereocenters. The summed E-state index contributed by atoms with van der Waals surface area (Å²) in [7, 11) is 1.82. The van der Waals surface area contributed by atoms with Crippen molar-refractivity contribution in [2.24, 2.45) is 5.92 Å². The molecule has 0 radical (unpaired) electrons. The predicted octanol–water partition coefficient (Wildman–Crippen LogP) is 2.14. The fraction of sp³-hybridized carbons (Fsp3) is 1.00. The van der Waals surface area contributed by atoms with Gasteiger partial charge in [-0.2, -0.15) is 0 Å². The van der Waals surface area contributed by atoms with E-state index in [-0.39, 0.29) is 4.65 Å². The van der Waals surface area contributed by atoms with Crippen molar-refractivity contribution in [3.05, 3.63) is 5.21 Å². The summed E-state index contributed by atoms with van der Waals surface area (Å²) in [5.74, 6) is 0.530. The Morgan fingerprint density at radius 1 is 1.36 bits per heavy atom. The first-order chi connectivity index (χ1) is 4.96. The molecule has 0 aromatic rings. The first kappa shape index (κ1) is 9.01. The third-order valence-electron chi connectivity index (χ3n) is 3.18. The fourth-order valence-electron chi connectivity index (χ4n) is 2.18. The van der Waals surface area contributed by atoms with Crippen LogP contribution in [0.2, 0.25) is 0 Å². The average Bonchev–Trinajstić information content (AvgIpc) is 2.08. The molecule has 2 nitrogen and oxygen atoms in total. The van der Waals surface area contributed by atoms with Crippen LogP contribution in [0.1, 0.15) is 33.6 Å². The van der Waals surface area contributed by atoms with E-state index in [0.29, 0.717) is 18.0 Å². The van der Waals surface area contributed by atoms with Gasteiger partial charge in [-0.05, 0) is 6.92 Å². The van der Waals surface area contributed by atoms with Crippen LogP contribution >= 0.6 is 0 Å². The van der Waals surface area contributed by atoms with Gasteiger partial charge in [-0.1, -0.05) is 13.8 Å². The molecule has 0 aromatic carbocycles. The molecule has 0 bridgehead atoms. The van der Waals surface area contributed by atoms with Crippen LogP contribution in [-0.2, 0) is 0 Å². The number of hydroxylamine groups is 3. The van der Waals surface area contributed by atoms with Gasteiger partial charge in [0.05, 0.1) is 19.1 Å². The van der Waals surface area contributed by atoms with Crippen LogP contribution in [0, 0.1) is 11.1 Å². The molecule has 66 valence electrons. The molecule has 0 saturated carbocycles. The van der Waals surface area contributed by atoms with Crippen LogP contribution in [0.3, 0.4) is 0 Å². The highest BCUT2D eigenvalue weighted by molar-refractivity contribution is 4.75. The Labute approximate surface area is 69.4 Å². The van der Waals surface area contributed by atoms with Crippen LogP contribution in [0.4, 0.5) is 0 Å². The van der Waals surface area contributed by atoms with Gasteiger partial charge in [0, 0.05) is 18.8 Å². The van der Waals surface area contributed by atoms with Crippen molar-refractivity contribution in [3.63, 3.8) is 0 Å². The molecule has 1 aliphatic heterocycles. The third-order valence-corrected chi connectivity index (χ3v) is 3.18. The Bertz CT molecular complexity index is 142. The van der Waals surface area contributed by atoms with Gasteiger partial charge in [0.2, 0.25) is 0 Å². The topological polar surface area (TPSA) is 23.1 Å². The molecule has 0 spiro atoms. The van der Waals surface area contributed by atoms with E-state index >= 15 is 0 Å². The monoisotopic (exact) mass is 157 g/mol. The maximum atomic E-state index is 11.9. The lowest BCUT2D eigenvalue weighted by atomic mass is 10.0. The summed E-state index contributed by atoms with van der Waals surface area (Å²) in [6.07, 6.45) is 2.21. The average molecular weight is 157 g/mol. The summed E-state index contributed by atoms with van der Waals surface area (Å²) in [6, 6.07) is 0.646. The first-order valence-corrected chi connectivity index (χ1v) is 4.53. The van der Waals surface area contributed by atoms with Crippen molar-refractivity contribution >= 4 is 0 Å². The van der Waals surface area contributed by atoms with Gasteiger partial charge in [0.25, 0.3) is 0 Å². The predicted molar refractivity (Wildman–Crippen MR) is 46.9 cm³/mol. The normalized spacial score (nSPS) is 45.3. The van der Waals surface area contributed by atoms with E-state index in [9.17, 15) is 5.21 Å². The molecule has 0 N–H and O–H groups in total. The lowest BCUT2D eigenvalue weighted by Crippen LogP contribution is -2.49. The second-order valence-electron chi connectivity index (χ2n) is 4.30. The lowest BCUT2D eigenvalue weighted by molar-refractivity contribution is -0.898. The van der Waals surface area contributed by atoms with Crippen molar-refractivity contribution in [2.75, 3.05) is 7.05 Å². The number of rotatable bonds is 1. The quantitative estimate of drug-likeness (QED) is 0.422. The maximum Gasteiger partial charge on any atom is 0.0912 e. The van der Waals surface area contributed by atoms with Gasteiger partial charge in [-0.25, -0.2) is 0 Å². The van der Waals surface area contributed by atoms with E-state index in [1.165, 1.54) is 0 Å². The minimum atomic E-state index is -0.0162. The van der Waals surface area contributed by atoms with Gasteiger partial charge >= 0.3 is 0 Å². The molecule has 1 fully saturated rings. The SMILES string of the molecule is CC(C)[C@H]1CC[C@@H](C)[N+]1(C)[O-]. The van der Waals surface area contributed by atoms with Crippen molar-refractivity contribution in [3.8, 4) is 0 Å². The van der Waals surface area contributed by atoms with E-state index in [1.807, 2.05) is 7.05 Å². The van der Waals surface area contributed by atoms with Gasteiger partial charge in [-0.3, -0.25) is 0 Å². The smallest absolute Gasteiger partial charge is 0.0912 e. The molecule has 0 amide bonds. The molecule has 1 heterocycles. The van der Waals surface area contributed by atoms with E-state index in [4.69, 9.17) is 0 Å². The van der Waals surface area contributed by atoms with Crippen molar-refractivity contribution < 1.29 is 4.65 Å². The molecule has 2 heteroatoms. The van der Waals surface area contributed by atoms with E-state index in [2.05, 4.69) is 20.8 Å². The zero-order valence-electron chi connectivity index (χ0n) is 8.00. The fourth-order valence-corrected chi connectivity index (χ4v) is 2.18. The highest BCUT2D eigenvalue weighted by atomic mass is 16.5. The van der Waals surface area contributed by atoms with Gasteiger partial charge in [0.1, 0.15) is 0 Å². The second kappa shape index (κ2) is 2.76. The summed E-state index contributed by atoms with van der Waals surface area (Å²) in [5.41, 5.74) is 0. The maximum absolute atomic E-state index is 11.9. The van der Waals surface area contributed by atoms with Crippen LogP contribution < -0.4 is 0 Å². The molecule has 11 heavy (non-hydrogen) atoms. The summed E-state index contributed by atoms with van der Waals surface area (Å²) >= 11 is 0. The zero-order valence-corrected chi connectivity index (χ0v) is 8.00. The number of quaternary nitrogens is 1. The molecular weight excluding hydrogens is 138 g/mol. The summed E-state index contributed by atoms with van der Waals surface area (Å²) in [5, 5.41) is 11.9. The highest BCUT2D eigenvalue weighted by Gasteiger charge is 2.38. The Morgan fingerprint density at radius 3 is 2.09 bits per heavy atom. The van der Waals surface area contributed by atoms with Gasteiger partial charge in [0.15, 0.2) is 0 Å². The minimum absolute atomic E-state index is 0.0162. The Kier molecular flexibility index (Phi) is 2.26. The Morgan fingerprint density at radius 2 is 1.91 bits per heavy atom.